The van der Waals surface area contributed by atoms with Crippen molar-refractivity contribution in [3.8, 4) is 5.75 Å². The Morgan fingerprint density at radius 3 is 1.13 bits per heavy atom. The molecule has 1 N–H and O–H groups in total. The summed E-state index contributed by atoms with van der Waals surface area (Å²) in [6.45, 7) is 8.83. The second-order valence-electron chi connectivity index (χ2n) is 15.8. The topological polar surface area (TPSA) is 47.9 Å². The molecule has 4 aromatic carbocycles. The summed E-state index contributed by atoms with van der Waals surface area (Å²) < 4.78 is 19.1. The van der Waals surface area contributed by atoms with Crippen LogP contribution in [0.4, 0.5) is 0 Å². The van der Waals surface area contributed by atoms with E-state index in [-0.39, 0.29) is 18.3 Å². The zero-order chi connectivity index (χ0) is 38.8. The quantitative estimate of drug-likeness (QED) is 0.0540. The second-order valence-corrected chi connectivity index (χ2v) is 15.8. The molecule has 0 saturated heterocycles. The highest BCUT2D eigenvalue weighted by Gasteiger charge is 2.20. The fourth-order valence-corrected chi connectivity index (χ4v) is 7.61. The van der Waals surface area contributed by atoms with Gasteiger partial charge in [-0.25, -0.2) is 0 Å². The van der Waals surface area contributed by atoms with E-state index in [0.29, 0.717) is 12.2 Å². The van der Waals surface area contributed by atoms with Crippen LogP contribution in [0.25, 0.3) is 0 Å². The second kappa shape index (κ2) is 27.2. The molecule has 0 spiro atoms. The van der Waals surface area contributed by atoms with E-state index in [9.17, 15) is 5.11 Å². The Labute approximate surface area is 335 Å². The molecule has 0 saturated carbocycles. The number of benzene rings is 4. The molecule has 0 fully saturated rings. The normalized spacial score (nSPS) is 13.1. The SMILES string of the molecule is CC(Cc1ccc(O)c(CC(C)OCCCCCCc2ccccc2)c1CC(C)OCCCCCCc1ccccc1)OCCCCCCc1ccccc1. The van der Waals surface area contributed by atoms with E-state index in [2.05, 4.69) is 118 Å². The van der Waals surface area contributed by atoms with E-state index < -0.39 is 0 Å². The van der Waals surface area contributed by atoms with Crippen molar-refractivity contribution in [2.24, 2.45) is 0 Å². The first-order chi connectivity index (χ1) is 27.0. The summed E-state index contributed by atoms with van der Waals surface area (Å²) in [5, 5.41) is 11.2. The van der Waals surface area contributed by atoms with Crippen LogP contribution in [0.1, 0.15) is 131 Å². The van der Waals surface area contributed by atoms with Crippen LogP contribution >= 0.6 is 0 Å². The van der Waals surface area contributed by atoms with Crippen molar-refractivity contribution in [2.75, 3.05) is 19.8 Å². The molecule has 0 amide bonds. The fourth-order valence-electron chi connectivity index (χ4n) is 7.61. The summed E-state index contributed by atoms with van der Waals surface area (Å²) >= 11 is 0. The maximum absolute atomic E-state index is 11.2. The summed E-state index contributed by atoms with van der Waals surface area (Å²) in [5.41, 5.74) is 7.75. The van der Waals surface area contributed by atoms with Gasteiger partial charge in [0.15, 0.2) is 0 Å². The molecule has 0 radical (unpaired) electrons. The summed E-state index contributed by atoms with van der Waals surface area (Å²) in [6.07, 6.45) is 20.1. The highest BCUT2D eigenvalue weighted by Crippen LogP contribution is 2.30. The molecule has 0 heterocycles. The zero-order valence-corrected chi connectivity index (χ0v) is 34.6. The summed E-state index contributed by atoms with van der Waals surface area (Å²) in [7, 11) is 0. The Kier molecular flexibility index (Phi) is 21.9. The Balaban J connectivity index is 1.23. The van der Waals surface area contributed by atoms with Crippen molar-refractivity contribution in [1.82, 2.24) is 0 Å². The molecule has 0 aliphatic carbocycles. The third-order valence-corrected chi connectivity index (χ3v) is 10.8. The number of unbranched alkanes of at least 4 members (excludes halogenated alkanes) is 9. The lowest BCUT2D eigenvalue weighted by Gasteiger charge is -2.24. The minimum atomic E-state index is 0.0203. The Morgan fingerprint density at radius 1 is 0.382 bits per heavy atom. The van der Waals surface area contributed by atoms with E-state index in [1.54, 1.807) is 0 Å². The number of phenolic OH excluding ortho intramolecular Hbond substituents is 1. The molecule has 55 heavy (non-hydrogen) atoms. The Bertz CT molecular complexity index is 1520. The van der Waals surface area contributed by atoms with Gasteiger partial charge in [0.1, 0.15) is 5.75 Å². The molecule has 4 aromatic rings. The van der Waals surface area contributed by atoms with Crippen LogP contribution in [0.3, 0.4) is 0 Å². The van der Waals surface area contributed by atoms with Crippen LogP contribution in [0.2, 0.25) is 0 Å². The predicted octanol–water partition coefficient (Wildman–Crippen LogP) is 12.6. The van der Waals surface area contributed by atoms with Gasteiger partial charge in [-0.05, 0) is 131 Å². The number of aromatic hydroxyl groups is 1. The van der Waals surface area contributed by atoms with Crippen LogP contribution in [-0.2, 0) is 52.7 Å². The number of hydrogen-bond donors (Lipinski definition) is 1. The van der Waals surface area contributed by atoms with Crippen LogP contribution in [0, 0.1) is 0 Å². The maximum atomic E-state index is 11.2. The largest absolute Gasteiger partial charge is 0.508 e. The molecule has 3 unspecified atom stereocenters. The summed E-state index contributed by atoms with van der Waals surface area (Å²) in [5.74, 6) is 0.366. The molecular formula is C51H72O4. The van der Waals surface area contributed by atoms with Gasteiger partial charge in [0.2, 0.25) is 0 Å². The van der Waals surface area contributed by atoms with Gasteiger partial charge >= 0.3 is 0 Å². The van der Waals surface area contributed by atoms with Gasteiger partial charge in [-0.15, -0.1) is 0 Å². The number of phenols is 1. The number of hydrogen-bond acceptors (Lipinski definition) is 4. The first-order valence-corrected chi connectivity index (χ1v) is 21.8. The third-order valence-electron chi connectivity index (χ3n) is 10.8. The highest BCUT2D eigenvalue weighted by atomic mass is 16.5. The Morgan fingerprint density at radius 2 is 0.727 bits per heavy atom. The van der Waals surface area contributed by atoms with Crippen molar-refractivity contribution in [1.29, 1.82) is 0 Å². The maximum Gasteiger partial charge on any atom is 0.119 e. The van der Waals surface area contributed by atoms with Gasteiger partial charge in [-0.1, -0.05) is 136 Å². The molecule has 0 aliphatic heterocycles. The van der Waals surface area contributed by atoms with E-state index in [0.717, 1.165) is 76.8 Å². The molecule has 0 bridgehead atoms. The lowest BCUT2D eigenvalue weighted by atomic mass is 9.90. The van der Waals surface area contributed by atoms with E-state index in [4.69, 9.17) is 14.2 Å². The number of ether oxygens (including phenoxy) is 3. The average Bonchev–Trinajstić information content (AvgIpc) is 3.20. The van der Waals surface area contributed by atoms with Gasteiger partial charge in [0.25, 0.3) is 0 Å². The van der Waals surface area contributed by atoms with Crippen LogP contribution in [-0.4, -0.2) is 43.2 Å². The lowest BCUT2D eigenvalue weighted by Crippen LogP contribution is -2.20. The Hall–Kier alpha value is -3.44. The third kappa shape index (κ3) is 18.8. The highest BCUT2D eigenvalue weighted by molar-refractivity contribution is 5.45. The first kappa shape index (κ1) is 44.3. The van der Waals surface area contributed by atoms with Crippen molar-refractivity contribution in [2.45, 2.75) is 155 Å². The van der Waals surface area contributed by atoms with Gasteiger partial charge < -0.3 is 19.3 Å². The standard InChI is InChI=1S/C51H72O4/c1-42(53-36-22-7-4-13-25-45-28-16-10-17-29-45)39-48-34-35-51(52)50(41-44(3)55-38-24-9-6-15-27-47-32-20-12-21-33-47)49(48)40-43(2)54-37-23-8-5-14-26-46-30-18-11-19-31-46/h10-12,16-21,28-35,42-44,52H,4-9,13-15,22-27,36-41H2,1-3H3. The van der Waals surface area contributed by atoms with E-state index in [1.807, 2.05) is 6.07 Å². The van der Waals surface area contributed by atoms with Gasteiger partial charge in [-0.2, -0.15) is 0 Å². The molecule has 4 rings (SSSR count). The van der Waals surface area contributed by atoms with E-state index >= 15 is 0 Å². The van der Waals surface area contributed by atoms with Gasteiger partial charge in [0.05, 0.1) is 18.3 Å². The smallest absolute Gasteiger partial charge is 0.119 e. The predicted molar refractivity (Wildman–Crippen MR) is 231 cm³/mol. The van der Waals surface area contributed by atoms with Crippen LogP contribution in [0.5, 0.6) is 5.75 Å². The van der Waals surface area contributed by atoms with Crippen molar-refractivity contribution in [3.63, 3.8) is 0 Å². The number of rotatable bonds is 30. The molecule has 4 heteroatoms. The zero-order valence-electron chi connectivity index (χ0n) is 34.6. The van der Waals surface area contributed by atoms with Crippen molar-refractivity contribution in [3.05, 3.63) is 137 Å². The molecule has 0 aliphatic rings. The summed E-state index contributed by atoms with van der Waals surface area (Å²) in [4.78, 5) is 0. The van der Waals surface area contributed by atoms with Crippen molar-refractivity contribution >= 4 is 0 Å². The van der Waals surface area contributed by atoms with E-state index in [1.165, 1.54) is 85.6 Å². The molecular weight excluding hydrogens is 677 g/mol. The molecule has 0 aromatic heterocycles. The van der Waals surface area contributed by atoms with Gasteiger partial charge in [-0.3, -0.25) is 0 Å². The van der Waals surface area contributed by atoms with Crippen molar-refractivity contribution < 1.29 is 19.3 Å². The molecule has 4 nitrogen and oxygen atoms in total. The fraction of sp³-hybridized carbons (Fsp3) is 0.529. The van der Waals surface area contributed by atoms with Crippen LogP contribution in [0.15, 0.2) is 103 Å². The summed E-state index contributed by atoms with van der Waals surface area (Å²) in [6, 6.07) is 36.3. The lowest BCUT2D eigenvalue weighted by molar-refractivity contribution is 0.0574. The minimum absolute atomic E-state index is 0.0203. The molecule has 3 atom stereocenters. The first-order valence-electron chi connectivity index (χ1n) is 21.8. The minimum Gasteiger partial charge on any atom is -0.508 e. The number of aryl methyl sites for hydroxylation is 3. The monoisotopic (exact) mass is 749 g/mol. The molecule has 300 valence electrons. The average molecular weight is 749 g/mol. The van der Waals surface area contributed by atoms with Gasteiger partial charge in [0, 0.05) is 26.2 Å². The van der Waals surface area contributed by atoms with Crippen LogP contribution < -0.4 is 0 Å².